The smallest absolute Gasteiger partial charge is 0.335 e. The molecule has 2 saturated heterocycles. The average Bonchev–Trinajstić information content (AvgIpc) is 3.66. The standard InChI is InChI=1S/C31H30ClN3O4/c32-24-6-9-27-28(17-24)34(30(38)35(27)31(12-13-31)23-3-1-2-22(16-23)29(36)37)25-7-4-20(5-8-25)21-10-14-33(15-11-21)26-18-39-19-26/h1-9,16-17,21,26H,10-15,18-19H2,(H,36,37). The molecule has 3 aromatic carbocycles. The average molecular weight is 544 g/mol. The minimum absolute atomic E-state index is 0.144. The zero-order valence-electron chi connectivity index (χ0n) is 21.6. The Labute approximate surface area is 231 Å². The van der Waals surface area contributed by atoms with Gasteiger partial charge in [0.1, 0.15) is 0 Å². The third kappa shape index (κ3) is 4.11. The Balaban J connectivity index is 1.25. The van der Waals surface area contributed by atoms with E-state index in [1.165, 1.54) is 5.56 Å². The van der Waals surface area contributed by atoms with Crippen LogP contribution < -0.4 is 5.69 Å². The van der Waals surface area contributed by atoms with Crippen molar-refractivity contribution < 1.29 is 14.6 Å². The molecule has 1 aliphatic carbocycles. The number of carbonyl (C=O) groups is 1. The monoisotopic (exact) mass is 543 g/mol. The van der Waals surface area contributed by atoms with E-state index in [4.69, 9.17) is 16.3 Å². The molecule has 2 aliphatic heterocycles. The summed E-state index contributed by atoms with van der Waals surface area (Å²) in [5.74, 6) is -0.461. The number of fused-ring (bicyclic) bond motifs is 1. The minimum Gasteiger partial charge on any atom is -0.478 e. The van der Waals surface area contributed by atoms with E-state index in [2.05, 4.69) is 17.0 Å². The maximum absolute atomic E-state index is 14.2. The van der Waals surface area contributed by atoms with Gasteiger partial charge in [0.15, 0.2) is 0 Å². The number of hydrogen-bond acceptors (Lipinski definition) is 4. The summed E-state index contributed by atoms with van der Waals surface area (Å²) in [6, 6.07) is 21.5. The third-order valence-corrected chi connectivity index (χ3v) is 9.12. The molecule has 200 valence electrons. The van der Waals surface area contributed by atoms with Gasteiger partial charge in [0, 0.05) is 5.02 Å². The Kier molecular flexibility index (Phi) is 5.92. The number of imidazole rings is 1. The van der Waals surface area contributed by atoms with Crippen molar-refractivity contribution in [3.8, 4) is 5.69 Å². The van der Waals surface area contributed by atoms with Gasteiger partial charge in [0.2, 0.25) is 0 Å². The number of rotatable bonds is 6. The van der Waals surface area contributed by atoms with Crippen LogP contribution in [0.3, 0.4) is 0 Å². The van der Waals surface area contributed by atoms with Gasteiger partial charge in [-0.1, -0.05) is 35.9 Å². The number of piperidine rings is 1. The Morgan fingerprint density at radius 3 is 2.33 bits per heavy atom. The van der Waals surface area contributed by atoms with Crippen molar-refractivity contribution in [2.24, 2.45) is 0 Å². The highest BCUT2D eigenvalue weighted by molar-refractivity contribution is 6.31. The Morgan fingerprint density at radius 2 is 1.69 bits per heavy atom. The number of carboxylic acids is 1. The Hall–Kier alpha value is -3.39. The molecule has 39 heavy (non-hydrogen) atoms. The van der Waals surface area contributed by atoms with E-state index >= 15 is 0 Å². The molecule has 3 heterocycles. The summed E-state index contributed by atoms with van der Waals surface area (Å²) >= 11 is 6.42. The molecular weight excluding hydrogens is 514 g/mol. The summed E-state index contributed by atoms with van der Waals surface area (Å²) in [6.07, 6.45) is 3.79. The quantitative estimate of drug-likeness (QED) is 0.359. The number of aromatic nitrogens is 2. The van der Waals surface area contributed by atoms with Gasteiger partial charge in [-0.2, -0.15) is 0 Å². The molecule has 1 N–H and O–H groups in total. The molecule has 1 saturated carbocycles. The van der Waals surface area contributed by atoms with Crippen LogP contribution in [0.25, 0.3) is 16.7 Å². The Morgan fingerprint density at radius 1 is 0.949 bits per heavy atom. The van der Waals surface area contributed by atoms with Crippen molar-refractivity contribution in [3.63, 3.8) is 0 Å². The zero-order valence-corrected chi connectivity index (χ0v) is 22.3. The molecule has 7 nitrogen and oxygen atoms in total. The highest BCUT2D eigenvalue weighted by Crippen LogP contribution is 2.50. The van der Waals surface area contributed by atoms with Gasteiger partial charge in [0.05, 0.1) is 47.1 Å². The fourth-order valence-electron chi connectivity index (χ4n) is 6.46. The van der Waals surface area contributed by atoms with Crippen molar-refractivity contribution >= 4 is 28.6 Å². The molecule has 0 unspecified atom stereocenters. The first-order valence-corrected chi connectivity index (χ1v) is 14.0. The fourth-order valence-corrected chi connectivity index (χ4v) is 6.63. The molecular formula is C31H30ClN3O4. The molecule has 0 amide bonds. The van der Waals surface area contributed by atoms with Gasteiger partial charge in [-0.3, -0.25) is 14.0 Å². The van der Waals surface area contributed by atoms with Crippen LogP contribution in [-0.2, 0) is 10.3 Å². The maximum Gasteiger partial charge on any atom is 0.335 e. The summed E-state index contributed by atoms with van der Waals surface area (Å²) in [4.78, 5) is 28.4. The third-order valence-electron chi connectivity index (χ3n) is 8.89. The second-order valence-electron chi connectivity index (χ2n) is 11.1. The van der Waals surface area contributed by atoms with Crippen molar-refractivity contribution in [1.29, 1.82) is 0 Å². The lowest BCUT2D eigenvalue weighted by Gasteiger charge is -2.41. The lowest BCUT2D eigenvalue weighted by molar-refractivity contribution is -0.0712. The number of benzene rings is 3. The highest BCUT2D eigenvalue weighted by Gasteiger charge is 2.49. The molecule has 0 atom stereocenters. The summed E-state index contributed by atoms with van der Waals surface area (Å²) in [7, 11) is 0. The van der Waals surface area contributed by atoms with Crippen LogP contribution >= 0.6 is 11.6 Å². The summed E-state index contributed by atoms with van der Waals surface area (Å²) in [5, 5.41) is 10.1. The van der Waals surface area contributed by atoms with Crippen molar-refractivity contribution in [2.45, 2.75) is 43.2 Å². The number of halogens is 1. The fraction of sp³-hybridized carbons (Fsp3) is 0.355. The highest BCUT2D eigenvalue weighted by atomic mass is 35.5. The number of carboxylic acid groups (broad SMARTS) is 1. The second kappa shape index (κ2) is 9.37. The van der Waals surface area contributed by atoms with Crippen molar-refractivity contribution in [1.82, 2.24) is 14.0 Å². The van der Waals surface area contributed by atoms with Gasteiger partial charge < -0.3 is 9.84 Å². The van der Waals surface area contributed by atoms with E-state index in [0.29, 0.717) is 17.0 Å². The topological polar surface area (TPSA) is 76.7 Å². The lowest BCUT2D eigenvalue weighted by Crippen LogP contribution is -2.51. The normalized spacial score (nSPS) is 19.7. The first kappa shape index (κ1) is 24.6. The molecule has 4 aromatic rings. The molecule has 0 radical (unpaired) electrons. The molecule has 1 aromatic heterocycles. The van der Waals surface area contributed by atoms with Crippen molar-refractivity contribution in [2.75, 3.05) is 26.3 Å². The SMILES string of the molecule is O=C(O)c1cccc(C2(n3c(=O)n(-c4ccc(C5CCN(C6COC6)CC5)cc4)c4cc(Cl)ccc43)CC2)c1. The second-order valence-corrected chi connectivity index (χ2v) is 11.5. The van der Waals surface area contributed by atoms with Gasteiger partial charge in [0.25, 0.3) is 0 Å². The summed E-state index contributed by atoms with van der Waals surface area (Å²) in [5.41, 5.74) is 4.00. The molecule has 3 fully saturated rings. The van der Waals surface area contributed by atoms with Crippen LogP contribution in [0.2, 0.25) is 5.02 Å². The molecule has 0 bridgehead atoms. The van der Waals surface area contributed by atoms with Crippen LogP contribution in [0.4, 0.5) is 0 Å². The van der Waals surface area contributed by atoms with Gasteiger partial charge in [-0.15, -0.1) is 0 Å². The predicted octanol–water partition coefficient (Wildman–Crippen LogP) is 5.26. The maximum atomic E-state index is 14.2. The molecule has 3 aliphatic rings. The minimum atomic E-state index is -0.975. The number of likely N-dealkylation sites (tertiary alicyclic amines) is 1. The van der Waals surface area contributed by atoms with Crippen LogP contribution in [0.1, 0.15) is 53.1 Å². The van der Waals surface area contributed by atoms with Gasteiger partial charge >= 0.3 is 11.7 Å². The first-order valence-electron chi connectivity index (χ1n) is 13.6. The molecule has 0 spiro atoms. The number of hydrogen-bond donors (Lipinski definition) is 1. The Bertz CT molecular complexity index is 1620. The van der Waals surface area contributed by atoms with Gasteiger partial charge in [-0.25, -0.2) is 9.59 Å². The van der Waals surface area contributed by atoms with E-state index in [9.17, 15) is 14.7 Å². The summed E-state index contributed by atoms with van der Waals surface area (Å²) < 4.78 is 8.95. The molecule has 8 heteroatoms. The number of aromatic carboxylic acids is 1. The zero-order chi connectivity index (χ0) is 26.7. The number of ether oxygens (including phenoxy) is 1. The lowest BCUT2D eigenvalue weighted by atomic mass is 9.88. The molecule has 7 rings (SSSR count). The van der Waals surface area contributed by atoms with Crippen LogP contribution in [0, 0.1) is 0 Å². The van der Waals surface area contributed by atoms with Crippen LogP contribution in [-0.4, -0.2) is 57.5 Å². The number of nitrogens with zero attached hydrogens (tertiary/aromatic N) is 3. The van der Waals surface area contributed by atoms with E-state index in [1.54, 1.807) is 28.8 Å². The largest absolute Gasteiger partial charge is 0.478 e. The summed E-state index contributed by atoms with van der Waals surface area (Å²) in [6.45, 7) is 3.91. The predicted molar refractivity (Wildman–Crippen MR) is 150 cm³/mol. The van der Waals surface area contributed by atoms with Gasteiger partial charge in [-0.05, 0) is 98.3 Å². The van der Waals surface area contributed by atoms with Crippen LogP contribution in [0.15, 0.2) is 71.5 Å². The van der Waals surface area contributed by atoms with Crippen LogP contribution in [0.5, 0.6) is 0 Å². The van der Waals surface area contributed by atoms with E-state index in [1.807, 2.05) is 34.9 Å². The van der Waals surface area contributed by atoms with Crippen molar-refractivity contribution in [3.05, 3.63) is 98.9 Å². The first-order chi connectivity index (χ1) is 18.9. The van der Waals surface area contributed by atoms with E-state index < -0.39 is 11.5 Å². The van der Waals surface area contributed by atoms with E-state index in [-0.39, 0.29) is 11.3 Å². The van der Waals surface area contributed by atoms with E-state index in [0.717, 1.165) is 74.3 Å².